The van der Waals surface area contributed by atoms with Gasteiger partial charge in [-0.15, -0.1) is 6.58 Å². The van der Waals surface area contributed by atoms with Crippen molar-refractivity contribution in [3.05, 3.63) is 12.7 Å². The largest absolute Gasteiger partial charge is 0.506 e. The lowest BCUT2D eigenvalue weighted by Crippen LogP contribution is -2.23. The number of halogens is 2. The first kappa shape index (κ1) is 9.87. The van der Waals surface area contributed by atoms with E-state index in [4.69, 9.17) is 5.11 Å². The van der Waals surface area contributed by atoms with Gasteiger partial charge in [-0.2, -0.15) is 0 Å². The Morgan fingerprint density at radius 3 is 2.55 bits per heavy atom. The zero-order valence-electron chi connectivity index (χ0n) is 5.67. The number of ether oxygens (including phenoxy) is 1. The van der Waals surface area contributed by atoms with Crippen molar-refractivity contribution < 1.29 is 23.4 Å². The van der Waals surface area contributed by atoms with Gasteiger partial charge in [-0.3, -0.25) is 0 Å². The summed E-state index contributed by atoms with van der Waals surface area (Å²) < 4.78 is 27.5. The third-order valence-corrected chi connectivity index (χ3v) is 0.932. The van der Waals surface area contributed by atoms with Crippen LogP contribution in [-0.2, 0) is 4.74 Å². The number of alkyl halides is 2. The normalized spacial score (nSPS) is 12.6. The number of hydrogen-bond acceptors (Lipinski definition) is 2. The molecule has 0 aromatic rings. The molecule has 0 aromatic carbocycles. The van der Waals surface area contributed by atoms with Gasteiger partial charge in [0, 0.05) is 6.42 Å². The Kier molecular flexibility index (Phi) is 4.17. The third-order valence-electron chi connectivity index (χ3n) is 0.932. The van der Waals surface area contributed by atoms with Crippen LogP contribution in [-0.4, -0.2) is 23.8 Å². The number of carbonyl (C=O) groups is 1. The van der Waals surface area contributed by atoms with Gasteiger partial charge < -0.3 is 9.84 Å². The molecule has 0 rings (SSSR count). The van der Waals surface area contributed by atoms with Crippen LogP contribution in [0.15, 0.2) is 12.7 Å². The minimum absolute atomic E-state index is 0.177. The summed E-state index contributed by atoms with van der Waals surface area (Å²) >= 11 is 0. The van der Waals surface area contributed by atoms with Crippen LogP contribution in [0.25, 0.3) is 0 Å². The molecule has 0 amide bonds. The van der Waals surface area contributed by atoms with Crippen LogP contribution in [0.4, 0.5) is 13.6 Å². The molecule has 0 aliphatic carbocycles. The van der Waals surface area contributed by atoms with Gasteiger partial charge in [-0.25, -0.2) is 13.6 Å². The number of hydrogen-bond donors (Lipinski definition) is 1. The Morgan fingerprint density at radius 1 is 1.73 bits per heavy atom. The van der Waals surface area contributed by atoms with Crippen molar-refractivity contribution in [3.63, 3.8) is 0 Å². The first-order valence-corrected chi connectivity index (χ1v) is 2.86. The van der Waals surface area contributed by atoms with E-state index in [9.17, 15) is 13.6 Å². The van der Waals surface area contributed by atoms with Gasteiger partial charge in [0.1, 0.15) is 0 Å². The molecule has 1 atom stereocenters. The van der Waals surface area contributed by atoms with Crippen LogP contribution in [0, 0.1) is 0 Å². The first-order chi connectivity index (χ1) is 5.07. The van der Waals surface area contributed by atoms with E-state index in [1.165, 1.54) is 6.08 Å². The van der Waals surface area contributed by atoms with Gasteiger partial charge in [0.05, 0.1) is 0 Å². The Hall–Kier alpha value is -1.13. The molecule has 0 aromatic heterocycles. The van der Waals surface area contributed by atoms with Gasteiger partial charge >= 0.3 is 6.16 Å². The monoisotopic (exact) mass is 166 g/mol. The highest BCUT2D eigenvalue weighted by Gasteiger charge is 2.22. The molecular weight excluding hydrogens is 158 g/mol. The highest BCUT2D eigenvalue weighted by molar-refractivity contribution is 5.57. The molecule has 0 bridgehead atoms. The fourth-order valence-electron chi connectivity index (χ4n) is 0.496. The standard InChI is InChI=1S/C6H8F2O3/c1-2-3-4(5(7)8)11-6(9)10/h2,4-5H,1,3H2,(H,9,10). The van der Waals surface area contributed by atoms with E-state index >= 15 is 0 Å². The average Bonchev–Trinajstić information content (AvgIpc) is 1.86. The van der Waals surface area contributed by atoms with Crippen LogP contribution >= 0.6 is 0 Å². The van der Waals surface area contributed by atoms with Gasteiger partial charge in [-0.1, -0.05) is 6.08 Å². The van der Waals surface area contributed by atoms with Crippen molar-refractivity contribution in [2.24, 2.45) is 0 Å². The molecule has 64 valence electrons. The molecule has 0 fully saturated rings. The summed E-state index contributed by atoms with van der Waals surface area (Å²) in [7, 11) is 0. The van der Waals surface area contributed by atoms with Crippen LogP contribution in [0.2, 0.25) is 0 Å². The molecule has 0 saturated heterocycles. The number of rotatable bonds is 4. The predicted molar refractivity (Wildman–Crippen MR) is 33.7 cm³/mol. The second-order valence-electron chi connectivity index (χ2n) is 1.78. The third kappa shape index (κ3) is 4.30. The summed E-state index contributed by atoms with van der Waals surface area (Å²) in [6.45, 7) is 3.18. The summed E-state index contributed by atoms with van der Waals surface area (Å²) in [6.07, 6.45) is -5.09. The number of carboxylic acid groups (broad SMARTS) is 1. The van der Waals surface area contributed by atoms with Gasteiger partial charge in [0.15, 0.2) is 6.10 Å². The molecule has 1 N–H and O–H groups in total. The lowest BCUT2D eigenvalue weighted by Gasteiger charge is -2.11. The smallest absolute Gasteiger partial charge is 0.450 e. The molecule has 1 unspecified atom stereocenters. The van der Waals surface area contributed by atoms with E-state index in [0.29, 0.717) is 0 Å². The van der Waals surface area contributed by atoms with Gasteiger partial charge in [0.2, 0.25) is 0 Å². The van der Waals surface area contributed by atoms with E-state index in [1.54, 1.807) is 0 Å². The predicted octanol–water partition coefficient (Wildman–Crippen LogP) is 1.89. The maximum absolute atomic E-state index is 11.8. The molecule has 5 heteroatoms. The zero-order chi connectivity index (χ0) is 8.85. The quantitative estimate of drug-likeness (QED) is 0.512. The Morgan fingerprint density at radius 2 is 2.27 bits per heavy atom. The molecule has 0 aliphatic heterocycles. The van der Waals surface area contributed by atoms with Crippen LogP contribution in [0.5, 0.6) is 0 Å². The van der Waals surface area contributed by atoms with Gasteiger partial charge in [-0.05, 0) is 0 Å². The van der Waals surface area contributed by atoms with Crippen LogP contribution in [0.1, 0.15) is 6.42 Å². The molecule has 0 spiro atoms. The minimum Gasteiger partial charge on any atom is -0.450 e. The molecule has 11 heavy (non-hydrogen) atoms. The van der Waals surface area contributed by atoms with Crippen molar-refractivity contribution in [1.29, 1.82) is 0 Å². The van der Waals surface area contributed by atoms with Crippen LogP contribution in [0.3, 0.4) is 0 Å². The minimum atomic E-state index is -2.80. The highest BCUT2D eigenvalue weighted by Crippen LogP contribution is 2.10. The van der Waals surface area contributed by atoms with Crippen molar-refractivity contribution in [3.8, 4) is 0 Å². The summed E-state index contributed by atoms with van der Waals surface area (Å²) in [4.78, 5) is 9.80. The first-order valence-electron chi connectivity index (χ1n) is 2.86. The molecule has 0 radical (unpaired) electrons. The van der Waals surface area contributed by atoms with E-state index in [0.717, 1.165) is 0 Å². The van der Waals surface area contributed by atoms with E-state index in [-0.39, 0.29) is 6.42 Å². The molecule has 0 aliphatic rings. The van der Waals surface area contributed by atoms with Crippen molar-refractivity contribution in [1.82, 2.24) is 0 Å². The second kappa shape index (κ2) is 4.65. The highest BCUT2D eigenvalue weighted by atomic mass is 19.3. The second-order valence-corrected chi connectivity index (χ2v) is 1.78. The van der Waals surface area contributed by atoms with Gasteiger partial charge in [0.25, 0.3) is 6.43 Å². The Bertz CT molecular complexity index is 147. The summed E-state index contributed by atoms with van der Waals surface area (Å²) in [5.41, 5.74) is 0. The summed E-state index contributed by atoms with van der Waals surface area (Å²) in [6, 6.07) is 0. The lowest BCUT2D eigenvalue weighted by atomic mass is 10.2. The Labute approximate surface area is 62.3 Å². The summed E-state index contributed by atoms with van der Waals surface area (Å²) in [5, 5.41) is 7.97. The summed E-state index contributed by atoms with van der Waals surface area (Å²) in [5.74, 6) is 0. The molecule has 0 heterocycles. The average molecular weight is 166 g/mol. The Balaban J connectivity index is 3.88. The van der Waals surface area contributed by atoms with E-state index < -0.39 is 18.7 Å². The maximum Gasteiger partial charge on any atom is 0.506 e. The molecule has 3 nitrogen and oxygen atoms in total. The topological polar surface area (TPSA) is 46.5 Å². The lowest BCUT2D eigenvalue weighted by molar-refractivity contribution is -0.0338. The molecular formula is C6H8F2O3. The maximum atomic E-state index is 11.8. The fourth-order valence-corrected chi connectivity index (χ4v) is 0.496. The fraction of sp³-hybridized carbons (Fsp3) is 0.500. The van der Waals surface area contributed by atoms with E-state index in [1.807, 2.05) is 0 Å². The molecule has 0 saturated carbocycles. The van der Waals surface area contributed by atoms with Crippen LogP contribution < -0.4 is 0 Å². The zero-order valence-corrected chi connectivity index (χ0v) is 5.67. The van der Waals surface area contributed by atoms with E-state index in [2.05, 4.69) is 11.3 Å². The van der Waals surface area contributed by atoms with Crippen molar-refractivity contribution in [2.45, 2.75) is 19.0 Å². The SMILES string of the molecule is C=CCC(OC(=O)O)C(F)F. The van der Waals surface area contributed by atoms with Crippen molar-refractivity contribution >= 4 is 6.16 Å². The van der Waals surface area contributed by atoms with Crippen molar-refractivity contribution in [2.75, 3.05) is 0 Å².